The van der Waals surface area contributed by atoms with Gasteiger partial charge in [0, 0.05) is 12.4 Å². The second kappa shape index (κ2) is 7.79. The fourth-order valence-electron chi connectivity index (χ4n) is 1.82. The average molecular weight is 236 g/mol. The SMILES string of the molecule is NCCCCC(CCc1ccncc1)C(=O)O. The Morgan fingerprint density at radius 2 is 2.00 bits per heavy atom. The van der Waals surface area contributed by atoms with Crippen LogP contribution in [0.25, 0.3) is 0 Å². The van der Waals surface area contributed by atoms with Gasteiger partial charge in [0.25, 0.3) is 0 Å². The van der Waals surface area contributed by atoms with Crippen molar-refractivity contribution in [1.82, 2.24) is 4.98 Å². The molecule has 1 heterocycles. The van der Waals surface area contributed by atoms with E-state index in [0.717, 1.165) is 31.2 Å². The maximum atomic E-state index is 11.1. The lowest BCUT2D eigenvalue weighted by Crippen LogP contribution is -2.15. The van der Waals surface area contributed by atoms with Crippen LogP contribution in [0.1, 0.15) is 31.2 Å². The highest BCUT2D eigenvalue weighted by Crippen LogP contribution is 2.16. The van der Waals surface area contributed by atoms with Gasteiger partial charge >= 0.3 is 5.97 Å². The van der Waals surface area contributed by atoms with Gasteiger partial charge in [-0.05, 0) is 49.9 Å². The zero-order valence-electron chi connectivity index (χ0n) is 10.0. The first-order valence-corrected chi connectivity index (χ1v) is 6.06. The maximum absolute atomic E-state index is 11.1. The number of carbonyl (C=O) groups is 1. The summed E-state index contributed by atoms with van der Waals surface area (Å²) >= 11 is 0. The molecule has 0 bridgehead atoms. The molecule has 4 heteroatoms. The van der Waals surface area contributed by atoms with Crippen molar-refractivity contribution in [3.63, 3.8) is 0 Å². The Labute approximate surface area is 102 Å². The van der Waals surface area contributed by atoms with E-state index < -0.39 is 5.97 Å². The molecule has 0 saturated carbocycles. The molecular formula is C13H20N2O2. The van der Waals surface area contributed by atoms with Gasteiger partial charge in [0.15, 0.2) is 0 Å². The first-order chi connectivity index (χ1) is 8.24. The summed E-state index contributed by atoms with van der Waals surface area (Å²) < 4.78 is 0. The van der Waals surface area contributed by atoms with Crippen molar-refractivity contribution >= 4 is 5.97 Å². The Kier molecular flexibility index (Phi) is 6.25. The van der Waals surface area contributed by atoms with E-state index in [0.29, 0.717) is 13.0 Å². The molecule has 1 aromatic heterocycles. The Bertz CT molecular complexity index is 327. The molecule has 4 nitrogen and oxygen atoms in total. The van der Waals surface area contributed by atoms with Crippen molar-refractivity contribution in [2.24, 2.45) is 11.7 Å². The summed E-state index contributed by atoms with van der Waals surface area (Å²) in [5.74, 6) is -0.953. The number of nitrogens with two attached hydrogens (primary N) is 1. The van der Waals surface area contributed by atoms with E-state index in [-0.39, 0.29) is 5.92 Å². The zero-order valence-corrected chi connectivity index (χ0v) is 10.0. The molecular weight excluding hydrogens is 216 g/mol. The first kappa shape index (κ1) is 13.6. The Morgan fingerprint density at radius 1 is 1.29 bits per heavy atom. The van der Waals surface area contributed by atoms with Crippen LogP contribution in [0.2, 0.25) is 0 Å². The molecule has 1 rings (SSSR count). The maximum Gasteiger partial charge on any atom is 0.306 e. The molecule has 1 atom stereocenters. The topological polar surface area (TPSA) is 76.2 Å². The predicted octanol–water partition coefficient (Wildman–Crippen LogP) is 1.84. The number of nitrogens with zero attached hydrogens (tertiary/aromatic N) is 1. The third-order valence-electron chi connectivity index (χ3n) is 2.89. The van der Waals surface area contributed by atoms with Gasteiger partial charge < -0.3 is 10.8 Å². The summed E-state index contributed by atoms with van der Waals surface area (Å²) in [6.45, 7) is 0.636. The predicted molar refractivity (Wildman–Crippen MR) is 66.6 cm³/mol. The Morgan fingerprint density at radius 3 is 2.59 bits per heavy atom. The molecule has 0 aliphatic carbocycles. The van der Waals surface area contributed by atoms with E-state index in [1.807, 2.05) is 12.1 Å². The van der Waals surface area contributed by atoms with Crippen LogP contribution in [-0.2, 0) is 11.2 Å². The summed E-state index contributed by atoms with van der Waals surface area (Å²) in [7, 11) is 0. The summed E-state index contributed by atoms with van der Waals surface area (Å²) in [6, 6.07) is 3.86. The lowest BCUT2D eigenvalue weighted by Gasteiger charge is -2.11. The molecule has 0 amide bonds. The zero-order chi connectivity index (χ0) is 12.5. The third-order valence-corrected chi connectivity index (χ3v) is 2.89. The number of aryl methyl sites for hydroxylation is 1. The molecule has 0 saturated heterocycles. The number of hydrogen-bond donors (Lipinski definition) is 2. The summed E-state index contributed by atoms with van der Waals surface area (Å²) in [5.41, 5.74) is 6.55. The van der Waals surface area contributed by atoms with Gasteiger partial charge in [0.05, 0.1) is 5.92 Å². The van der Waals surface area contributed by atoms with Crippen molar-refractivity contribution in [1.29, 1.82) is 0 Å². The quantitative estimate of drug-likeness (QED) is 0.675. The van der Waals surface area contributed by atoms with Crippen LogP contribution in [0.3, 0.4) is 0 Å². The number of aromatic nitrogens is 1. The van der Waals surface area contributed by atoms with Crippen LogP contribution < -0.4 is 5.73 Å². The Balaban J connectivity index is 2.36. The van der Waals surface area contributed by atoms with E-state index in [2.05, 4.69) is 4.98 Å². The highest BCUT2D eigenvalue weighted by Gasteiger charge is 2.16. The van der Waals surface area contributed by atoms with Gasteiger partial charge in [-0.3, -0.25) is 9.78 Å². The molecule has 0 aliphatic rings. The number of hydrogen-bond acceptors (Lipinski definition) is 3. The minimum atomic E-state index is -0.698. The van der Waals surface area contributed by atoms with Crippen LogP contribution in [0.5, 0.6) is 0 Å². The third kappa shape index (κ3) is 5.45. The van der Waals surface area contributed by atoms with Gasteiger partial charge in [-0.25, -0.2) is 0 Å². The molecule has 0 aromatic carbocycles. The largest absolute Gasteiger partial charge is 0.481 e. The van der Waals surface area contributed by atoms with Crippen molar-refractivity contribution in [3.8, 4) is 0 Å². The standard InChI is InChI=1S/C13H20N2O2/c14-8-2-1-3-12(13(16)17)5-4-11-6-9-15-10-7-11/h6-7,9-10,12H,1-5,8,14H2,(H,16,17). The summed E-state index contributed by atoms with van der Waals surface area (Å²) in [6.07, 6.45) is 7.46. The highest BCUT2D eigenvalue weighted by molar-refractivity contribution is 5.69. The van der Waals surface area contributed by atoms with E-state index in [4.69, 9.17) is 10.8 Å². The molecule has 0 aliphatic heterocycles. The van der Waals surface area contributed by atoms with Gasteiger partial charge in [0.1, 0.15) is 0 Å². The summed E-state index contributed by atoms with van der Waals surface area (Å²) in [5, 5.41) is 9.11. The van der Waals surface area contributed by atoms with E-state index in [1.54, 1.807) is 12.4 Å². The van der Waals surface area contributed by atoms with Crippen LogP contribution in [0, 0.1) is 5.92 Å². The molecule has 1 unspecified atom stereocenters. The number of aliphatic carboxylic acids is 1. The normalized spacial score (nSPS) is 12.3. The average Bonchev–Trinajstić information content (AvgIpc) is 2.34. The molecule has 1 aromatic rings. The second-order valence-electron chi connectivity index (χ2n) is 4.21. The number of carboxylic acids is 1. The molecule has 0 spiro atoms. The highest BCUT2D eigenvalue weighted by atomic mass is 16.4. The number of carboxylic acid groups (broad SMARTS) is 1. The van der Waals surface area contributed by atoms with E-state index in [9.17, 15) is 4.79 Å². The smallest absolute Gasteiger partial charge is 0.306 e. The van der Waals surface area contributed by atoms with Gasteiger partial charge in [-0.1, -0.05) is 6.42 Å². The van der Waals surface area contributed by atoms with Crippen molar-refractivity contribution in [2.45, 2.75) is 32.1 Å². The van der Waals surface area contributed by atoms with Gasteiger partial charge in [-0.2, -0.15) is 0 Å². The minimum Gasteiger partial charge on any atom is -0.481 e. The van der Waals surface area contributed by atoms with Crippen LogP contribution in [-0.4, -0.2) is 22.6 Å². The molecule has 3 N–H and O–H groups in total. The van der Waals surface area contributed by atoms with Crippen LogP contribution >= 0.6 is 0 Å². The first-order valence-electron chi connectivity index (χ1n) is 6.06. The van der Waals surface area contributed by atoms with Crippen molar-refractivity contribution < 1.29 is 9.90 Å². The van der Waals surface area contributed by atoms with E-state index in [1.165, 1.54) is 0 Å². The molecule has 0 fully saturated rings. The monoisotopic (exact) mass is 236 g/mol. The fourth-order valence-corrected chi connectivity index (χ4v) is 1.82. The number of unbranched alkanes of at least 4 members (excludes halogenated alkanes) is 1. The van der Waals surface area contributed by atoms with Crippen LogP contribution in [0.15, 0.2) is 24.5 Å². The Hall–Kier alpha value is -1.42. The molecule has 0 radical (unpaired) electrons. The molecule has 17 heavy (non-hydrogen) atoms. The van der Waals surface area contributed by atoms with Crippen molar-refractivity contribution in [3.05, 3.63) is 30.1 Å². The lowest BCUT2D eigenvalue weighted by molar-refractivity contribution is -0.142. The number of rotatable bonds is 8. The van der Waals surface area contributed by atoms with E-state index >= 15 is 0 Å². The van der Waals surface area contributed by atoms with Gasteiger partial charge in [-0.15, -0.1) is 0 Å². The fraction of sp³-hybridized carbons (Fsp3) is 0.538. The van der Waals surface area contributed by atoms with Gasteiger partial charge in [0.2, 0.25) is 0 Å². The van der Waals surface area contributed by atoms with Crippen LogP contribution in [0.4, 0.5) is 0 Å². The second-order valence-corrected chi connectivity index (χ2v) is 4.21. The molecule has 94 valence electrons. The lowest BCUT2D eigenvalue weighted by atomic mass is 9.95. The van der Waals surface area contributed by atoms with Crippen molar-refractivity contribution in [2.75, 3.05) is 6.54 Å². The summed E-state index contributed by atoms with van der Waals surface area (Å²) in [4.78, 5) is 15.0. The minimum absolute atomic E-state index is 0.255. The number of pyridine rings is 1.